The number of rotatable bonds is 15. The monoisotopic (exact) mass is 665 g/mol. The molecule has 8 nitrogen and oxygen atoms in total. The van der Waals surface area contributed by atoms with Gasteiger partial charge in [-0.2, -0.15) is 0 Å². The van der Waals surface area contributed by atoms with Crippen molar-refractivity contribution in [2.24, 2.45) is 0 Å². The Hall–Kier alpha value is -5.99. The second-order valence-corrected chi connectivity index (χ2v) is 12.0. The fourth-order valence-electron chi connectivity index (χ4n) is 5.66. The highest BCUT2D eigenvalue weighted by Gasteiger charge is 2.18. The third-order valence-electron chi connectivity index (χ3n) is 8.40. The molecule has 3 N–H and O–H groups in total. The number of aryl methyl sites for hydroxylation is 1. The number of nitrogens with one attached hydrogen (secondary N) is 2. The summed E-state index contributed by atoms with van der Waals surface area (Å²) in [6.45, 7) is 2.58. The number of aliphatic hydroxyl groups excluding tert-OH is 1. The molecule has 0 bridgehead atoms. The molecule has 0 aliphatic heterocycles. The van der Waals surface area contributed by atoms with Crippen LogP contribution in [0.15, 0.2) is 138 Å². The molecule has 1 heterocycles. The first-order valence-electron chi connectivity index (χ1n) is 16.6. The second kappa shape index (κ2) is 16.4. The Kier molecular flexibility index (Phi) is 11.1. The van der Waals surface area contributed by atoms with Gasteiger partial charge in [-0.1, -0.05) is 84.9 Å². The number of benzene rings is 5. The predicted molar refractivity (Wildman–Crippen MR) is 194 cm³/mol. The van der Waals surface area contributed by atoms with Gasteiger partial charge in [0.1, 0.15) is 11.5 Å². The lowest BCUT2D eigenvalue weighted by molar-refractivity contribution is 0.0950. The summed E-state index contributed by atoms with van der Waals surface area (Å²) in [7, 11) is 0. The van der Waals surface area contributed by atoms with Crippen molar-refractivity contribution in [2.45, 2.75) is 32.4 Å². The molecule has 8 heteroatoms. The van der Waals surface area contributed by atoms with E-state index in [1.807, 2.05) is 104 Å². The highest BCUT2D eigenvalue weighted by Crippen LogP contribution is 2.24. The molecule has 0 aliphatic rings. The number of nitrogens with zero attached hydrogens (tertiary/aromatic N) is 1. The summed E-state index contributed by atoms with van der Waals surface area (Å²) in [5.41, 5.74) is 5.91. The van der Waals surface area contributed by atoms with Crippen molar-refractivity contribution >= 4 is 17.4 Å². The number of carbonyl (C=O) groups excluding carboxylic acids is 2. The van der Waals surface area contributed by atoms with E-state index in [1.165, 1.54) is 0 Å². The Bertz CT molecular complexity index is 2010. The van der Waals surface area contributed by atoms with Gasteiger partial charge in [-0.3, -0.25) is 9.59 Å². The van der Waals surface area contributed by atoms with Gasteiger partial charge in [0.05, 0.1) is 18.9 Å². The first kappa shape index (κ1) is 33.9. The molecule has 252 valence electrons. The molecule has 0 unspecified atom stereocenters. The molecule has 1 amide bonds. The van der Waals surface area contributed by atoms with Gasteiger partial charge in [-0.05, 0) is 73.0 Å². The molecule has 6 rings (SSSR count). The van der Waals surface area contributed by atoms with Gasteiger partial charge in [-0.15, -0.1) is 0 Å². The molecule has 50 heavy (non-hydrogen) atoms. The van der Waals surface area contributed by atoms with Crippen LogP contribution in [-0.2, 0) is 19.4 Å². The number of hydrogen-bond acceptors (Lipinski definition) is 7. The van der Waals surface area contributed by atoms with E-state index >= 15 is 0 Å². The Morgan fingerprint density at radius 2 is 1.44 bits per heavy atom. The van der Waals surface area contributed by atoms with E-state index in [9.17, 15) is 14.7 Å². The fourth-order valence-corrected chi connectivity index (χ4v) is 5.66. The number of carbonyl (C=O) groups is 2. The standard InChI is InChI=1S/C42H39N3O5/c1-29-38(45-42(50-29)34-12-6-3-7-13-34)24-25-49-36-22-18-30(19-23-36)26-35(27-43-41(48)33-20-16-31(28-46)17-21-33)44-39-15-9-8-14-37(39)40(47)32-10-4-2-5-11-32/h2-23,35,44,46H,24-28H2,1H3,(H,43,48)/t35-/m0/s1. The summed E-state index contributed by atoms with van der Waals surface area (Å²) in [6, 6.07) is 40.9. The maximum absolute atomic E-state index is 13.5. The van der Waals surface area contributed by atoms with Crippen LogP contribution < -0.4 is 15.4 Å². The predicted octanol–water partition coefficient (Wildman–Crippen LogP) is 7.45. The quantitative estimate of drug-likeness (QED) is 0.0977. The largest absolute Gasteiger partial charge is 0.493 e. The molecule has 1 atom stereocenters. The molecule has 0 saturated carbocycles. The van der Waals surface area contributed by atoms with Crippen LogP contribution in [0.5, 0.6) is 5.75 Å². The number of para-hydroxylation sites is 1. The minimum absolute atomic E-state index is 0.0842. The molecule has 0 fully saturated rings. The Morgan fingerprint density at radius 3 is 2.16 bits per heavy atom. The van der Waals surface area contributed by atoms with E-state index in [0.29, 0.717) is 54.3 Å². The van der Waals surface area contributed by atoms with E-state index in [2.05, 4.69) is 15.6 Å². The van der Waals surface area contributed by atoms with Crippen LogP contribution in [-0.4, -0.2) is 41.0 Å². The minimum atomic E-state index is -0.249. The van der Waals surface area contributed by atoms with Gasteiger partial charge >= 0.3 is 0 Å². The van der Waals surface area contributed by atoms with Crippen LogP contribution in [0.2, 0.25) is 0 Å². The number of aliphatic hydroxyl groups is 1. The van der Waals surface area contributed by atoms with E-state index in [1.54, 1.807) is 36.4 Å². The zero-order valence-corrected chi connectivity index (χ0v) is 27.8. The maximum atomic E-state index is 13.5. The van der Waals surface area contributed by atoms with E-state index in [4.69, 9.17) is 9.15 Å². The number of ether oxygens (including phenoxy) is 1. The van der Waals surface area contributed by atoms with E-state index in [-0.39, 0.29) is 24.3 Å². The van der Waals surface area contributed by atoms with Crippen LogP contribution in [0, 0.1) is 6.92 Å². The number of amides is 1. The smallest absolute Gasteiger partial charge is 0.251 e. The highest BCUT2D eigenvalue weighted by molar-refractivity contribution is 6.12. The average molecular weight is 666 g/mol. The van der Waals surface area contributed by atoms with Crippen molar-refractivity contribution in [1.82, 2.24) is 10.3 Å². The van der Waals surface area contributed by atoms with E-state index < -0.39 is 0 Å². The lowest BCUT2D eigenvalue weighted by Crippen LogP contribution is -2.38. The molecule has 0 spiro atoms. The minimum Gasteiger partial charge on any atom is -0.493 e. The molecule has 0 saturated heterocycles. The molecule has 0 aliphatic carbocycles. The third kappa shape index (κ3) is 8.72. The zero-order chi connectivity index (χ0) is 34.7. The number of hydrogen-bond donors (Lipinski definition) is 3. The summed E-state index contributed by atoms with van der Waals surface area (Å²) >= 11 is 0. The average Bonchev–Trinajstić information content (AvgIpc) is 3.54. The van der Waals surface area contributed by atoms with Crippen molar-refractivity contribution in [3.05, 3.63) is 173 Å². The molecule has 1 aromatic heterocycles. The number of ketones is 1. The van der Waals surface area contributed by atoms with Gasteiger partial charge < -0.3 is 24.9 Å². The van der Waals surface area contributed by atoms with Crippen molar-refractivity contribution < 1.29 is 23.8 Å². The second-order valence-electron chi connectivity index (χ2n) is 12.0. The van der Waals surface area contributed by atoms with Crippen LogP contribution in [0.1, 0.15) is 48.9 Å². The van der Waals surface area contributed by atoms with Gasteiger partial charge in [-0.25, -0.2) is 4.98 Å². The van der Waals surface area contributed by atoms with Gasteiger partial charge in [0.15, 0.2) is 5.78 Å². The third-order valence-corrected chi connectivity index (χ3v) is 8.40. The highest BCUT2D eigenvalue weighted by atomic mass is 16.5. The maximum Gasteiger partial charge on any atom is 0.251 e. The lowest BCUT2D eigenvalue weighted by atomic mass is 10.00. The summed E-state index contributed by atoms with van der Waals surface area (Å²) < 4.78 is 11.9. The first-order valence-corrected chi connectivity index (χ1v) is 16.6. The van der Waals surface area contributed by atoms with Gasteiger partial charge in [0.2, 0.25) is 5.89 Å². The SMILES string of the molecule is Cc1oc(-c2ccccc2)nc1CCOc1ccc(C[C@@H](CNC(=O)c2ccc(CO)cc2)Nc2ccccc2C(=O)c2ccccc2)cc1. The van der Waals surface area contributed by atoms with Crippen LogP contribution in [0.4, 0.5) is 5.69 Å². The van der Waals surface area contributed by atoms with Gasteiger partial charge in [0.25, 0.3) is 5.91 Å². The van der Waals surface area contributed by atoms with Crippen LogP contribution in [0.3, 0.4) is 0 Å². The van der Waals surface area contributed by atoms with E-state index in [0.717, 1.165) is 33.9 Å². The van der Waals surface area contributed by atoms with Crippen molar-refractivity contribution in [3.63, 3.8) is 0 Å². The molecular formula is C42H39N3O5. The van der Waals surface area contributed by atoms with Crippen LogP contribution in [0.25, 0.3) is 11.5 Å². The van der Waals surface area contributed by atoms with Crippen molar-refractivity contribution in [1.29, 1.82) is 0 Å². The number of oxazole rings is 1. The Balaban J connectivity index is 1.13. The summed E-state index contributed by atoms with van der Waals surface area (Å²) in [6.07, 6.45) is 1.18. The fraction of sp³-hybridized carbons (Fsp3) is 0.167. The van der Waals surface area contributed by atoms with Crippen LogP contribution >= 0.6 is 0 Å². The molecular weight excluding hydrogens is 626 g/mol. The number of aromatic nitrogens is 1. The van der Waals surface area contributed by atoms with Gasteiger partial charge in [0, 0.05) is 46.9 Å². The molecule has 5 aromatic carbocycles. The zero-order valence-electron chi connectivity index (χ0n) is 27.8. The summed E-state index contributed by atoms with van der Waals surface area (Å²) in [4.78, 5) is 31.2. The lowest BCUT2D eigenvalue weighted by Gasteiger charge is -2.22. The first-order chi connectivity index (χ1) is 24.5. The summed E-state index contributed by atoms with van der Waals surface area (Å²) in [5, 5.41) is 15.9. The molecule has 6 aromatic rings. The normalized spacial score (nSPS) is 11.5. The topological polar surface area (TPSA) is 114 Å². The Labute approximate surface area is 291 Å². The van der Waals surface area contributed by atoms with Crippen molar-refractivity contribution in [2.75, 3.05) is 18.5 Å². The number of anilines is 1. The molecule has 0 radical (unpaired) electrons. The summed E-state index contributed by atoms with van der Waals surface area (Å²) in [5.74, 6) is 1.81. The van der Waals surface area contributed by atoms with Crippen molar-refractivity contribution in [3.8, 4) is 17.2 Å². The Morgan fingerprint density at radius 1 is 0.780 bits per heavy atom.